The van der Waals surface area contributed by atoms with E-state index in [0.29, 0.717) is 22.5 Å². The van der Waals surface area contributed by atoms with E-state index in [1.54, 1.807) is 43.3 Å². The van der Waals surface area contributed by atoms with Gasteiger partial charge in [0.15, 0.2) is 14.9 Å². The van der Waals surface area contributed by atoms with Crippen molar-refractivity contribution in [1.82, 2.24) is 10.2 Å². The Bertz CT molecular complexity index is 1300. The van der Waals surface area contributed by atoms with E-state index in [4.69, 9.17) is 0 Å². The maximum absolute atomic E-state index is 12.9. The molecular weight excluding hydrogens is 422 g/mol. The van der Waals surface area contributed by atoms with Crippen molar-refractivity contribution in [2.24, 2.45) is 0 Å². The fourth-order valence-corrected chi connectivity index (χ4v) is 5.06. The second kappa shape index (κ2) is 8.16. The van der Waals surface area contributed by atoms with Crippen LogP contribution in [0.1, 0.15) is 23.6 Å². The van der Waals surface area contributed by atoms with Crippen molar-refractivity contribution < 1.29 is 16.8 Å². The summed E-state index contributed by atoms with van der Waals surface area (Å²) in [7, 11) is -7.21. The molecule has 0 saturated heterocycles. The first-order valence-corrected chi connectivity index (χ1v) is 12.4. The van der Waals surface area contributed by atoms with Gasteiger partial charge in [-0.05, 0) is 67.8 Å². The number of hydrogen-bond donors (Lipinski definition) is 1. The number of sulfone groups is 1. The highest BCUT2D eigenvalue weighted by Crippen LogP contribution is 2.25. The lowest BCUT2D eigenvalue weighted by molar-refractivity contribution is 0.591. The maximum Gasteiger partial charge on any atom is 0.262 e. The summed E-state index contributed by atoms with van der Waals surface area (Å²) in [5.41, 5.74) is 4.01. The highest BCUT2D eigenvalue weighted by Gasteiger charge is 2.19. The van der Waals surface area contributed by atoms with E-state index >= 15 is 0 Å². The number of benzene rings is 2. The lowest BCUT2D eigenvalue weighted by Gasteiger charge is -2.13. The van der Waals surface area contributed by atoms with Gasteiger partial charge in [0.2, 0.25) is 0 Å². The number of anilines is 1. The third-order valence-corrected chi connectivity index (χ3v) is 7.97. The normalized spacial score (nSPS) is 12.0. The van der Waals surface area contributed by atoms with Gasteiger partial charge in [-0.1, -0.05) is 25.1 Å². The fraction of sp³-hybridized carbons (Fsp3) is 0.238. The van der Waals surface area contributed by atoms with Gasteiger partial charge in [-0.25, -0.2) is 16.8 Å². The first kappa shape index (κ1) is 21.9. The second-order valence-electron chi connectivity index (χ2n) is 7.05. The molecule has 2 aromatic carbocycles. The standard InChI is InChI=1S/C21H23N3O4S2/c1-5-29(25,26)21-10-9-19(22-23-21)17-7-6-8-18(13-17)24-30(27,28)20-12-15(3)14(2)11-16(20)4/h6-13,24H,5H2,1-4H3. The van der Waals surface area contributed by atoms with Crippen LogP contribution in [-0.2, 0) is 19.9 Å². The smallest absolute Gasteiger partial charge is 0.262 e. The Hall–Kier alpha value is -2.78. The van der Waals surface area contributed by atoms with Crippen molar-refractivity contribution in [2.75, 3.05) is 10.5 Å². The number of aromatic nitrogens is 2. The topological polar surface area (TPSA) is 106 Å². The summed E-state index contributed by atoms with van der Waals surface area (Å²) >= 11 is 0. The van der Waals surface area contributed by atoms with E-state index < -0.39 is 19.9 Å². The van der Waals surface area contributed by atoms with Crippen molar-refractivity contribution in [3.8, 4) is 11.3 Å². The molecule has 3 aromatic rings. The number of hydrogen-bond acceptors (Lipinski definition) is 6. The van der Waals surface area contributed by atoms with Crippen molar-refractivity contribution >= 4 is 25.5 Å². The molecule has 0 spiro atoms. The van der Waals surface area contributed by atoms with Crippen molar-refractivity contribution in [2.45, 2.75) is 37.6 Å². The van der Waals surface area contributed by atoms with Crippen LogP contribution in [0.2, 0.25) is 0 Å². The Kier molecular flexibility index (Phi) is 5.96. The van der Waals surface area contributed by atoms with Gasteiger partial charge in [-0.3, -0.25) is 4.72 Å². The van der Waals surface area contributed by atoms with E-state index in [-0.39, 0.29) is 15.7 Å². The maximum atomic E-state index is 12.9. The highest BCUT2D eigenvalue weighted by atomic mass is 32.2. The quantitative estimate of drug-likeness (QED) is 0.621. The van der Waals surface area contributed by atoms with Crippen molar-refractivity contribution in [3.63, 3.8) is 0 Å². The van der Waals surface area contributed by atoms with Gasteiger partial charge in [0.1, 0.15) is 0 Å². The van der Waals surface area contributed by atoms with E-state index in [0.717, 1.165) is 11.1 Å². The molecule has 1 aromatic heterocycles. The highest BCUT2D eigenvalue weighted by molar-refractivity contribution is 7.92. The van der Waals surface area contributed by atoms with E-state index in [1.165, 1.54) is 13.0 Å². The Morgan fingerprint density at radius 2 is 1.53 bits per heavy atom. The molecule has 3 rings (SSSR count). The Morgan fingerprint density at radius 3 is 2.17 bits per heavy atom. The number of nitrogens with zero attached hydrogens (tertiary/aromatic N) is 2. The minimum atomic E-state index is -3.78. The van der Waals surface area contributed by atoms with E-state index in [1.807, 2.05) is 19.9 Å². The lowest BCUT2D eigenvalue weighted by Crippen LogP contribution is -2.15. The molecule has 0 unspecified atom stereocenters. The molecule has 30 heavy (non-hydrogen) atoms. The van der Waals surface area contributed by atoms with Crippen molar-refractivity contribution in [3.05, 3.63) is 65.2 Å². The molecule has 9 heteroatoms. The van der Waals surface area contributed by atoms with E-state index in [9.17, 15) is 16.8 Å². The second-order valence-corrected chi connectivity index (χ2v) is 10.9. The molecule has 1 heterocycles. The average molecular weight is 446 g/mol. The summed E-state index contributed by atoms with van der Waals surface area (Å²) in [6, 6.07) is 13.2. The molecule has 0 aliphatic rings. The van der Waals surface area contributed by atoms with Gasteiger partial charge in [-0.15, -0.1) is 10.2 Å². The van der Waals surface area contributed by atoms with Crippen LogP contribution in [-0.4, -0.2) is 32.8 Å². The van der Waals surface area contributed by atoms with Crippen LogP contribution in [0.15, 0.2) is 58.5 Å². The zero-order chi connectivity index (χ0) is 22.1. The largest absolute Gasteiger partial charge is 0.280 e. The van der Waals surface area contributed by atoms with Crippen molar-refractivity contribution in [1.29, 1.82) is 0 Å². The molecule has 7 nitrogen and oxygen atoms in total. The van der Waals surface area contributed by atoms with Crippen LogP contribution in [0.25, 0.3) is 11.3 Å². The Balaban J connectivity index is 1.92. The van der Waals surface area contributed by atoms with E-state index in [2.05, 4.69) is 14.9 Å². The van der Waals surface area contributed by atoms with Gasteiger partial charge in [0.05, 0.1) is 16.3 Å². The molecular formula is C21H23N3O4S2. The number of aryl methyl sites for hydroxylation is 3. The molecule has 0 bridgehead atoms. The van der Waals surface area contributed by atoms with Crippen LogP contribution in [0.4, 0.5) is 5.69 Å². The molecule has 0 radical (unpaired) electrons. The Labute approximate surface area is 177 Å². The fourth-order valence-electron chi connectivity index (χ4n) is 2.96. The SMILES string of the molecule is CCS(=O)(=O)c1ccc(-c2cccc(NS(=O)(=O)c3cc(C)c(C)cc3C)c2)nn1. The zero-order valence-electron chi connectivity index (χ0n) is 17.2. The summed E-state index contributed by atoms with van der Waals surface area (Å²) < 4.78 is 52.2. The van der Waals surface area contributed by atoms with Gasteiger partial charge < -0.3 is 0 Å². The van der Waals surface area contributed by atoms with Gasteiger partial charge in [0.25, 0.3) is 10.0 Å². The van der Waals surface area contributed by atoms with Crippen LogP contribution >= 0.6 is 0 Å². The predicted octanol–water partition coefficient (Wildman–Crippen LogP) is 3.66. The number of nitrogens with one attached hydrogen (secondary N) is 1. The van der Waals surface area contributed by atoms with Gasteiger partial charge >= 0.3 is 0 Å². The molecule has 0 fully saturated rings. The molecule has 0 amide bonds. The first-order chi connectivity index (χ1) is 14.0. The number of rotatable bonds is 6. The molecule has 0 saturated carbocycles. The predicted molar refractivity (Wildman–Crippen MR) is 117 cm³/mol. The molecule has 0 aliphatic carbocycles. The van der Waals surface area contributed by atoms with Gasteiger partial charge in [0, 0.05) is 11.3 Å². The van der Waals surface area contributed by atoms with Gasteiger partial charge in [-0.2, -0.15) is 0 Å². The zero-order valence-corrected chi connectivity index (χ0v) is 18.8. The summed E-state index contributed by atoms with van der Waals surface area (Å²) in [6.07, 6.45) is 0. The van der Waals surface area contributed by atoms with Crippen LogP contribution in [0, 0.1) is 20.8 Å². The molecule has 0 atom stereocenters. The average Bonchev–Trinajstić information content (AvgIpc) is 2.70. The first-order valence-electron chi connectivity index (χ1n) is 9.31. The molecule has 1 N–H and O–H groups in total. The number of sulfonamides is 1. The third kappa shape index (κ3) is 4.52. The van der Waals surface area contributed by atoms with Crippen LogP contribution in [0.5, 0.6) is 0 Å². The Morgan fingerprint density at radius 1 is 0.833 bits per heavy atom. The summed E-state index contributed by atoms with van der Waals surface area (Å²) in [6.45, 7) is 7.11. The van der Waals surface area contributed by atoms with Crippen LogP contribution in [0.3, 0.4) is 0 Å². The molecule has 158 valence electrons. The lowest BCUT2D eigenvalue weighted by atomic mass is 10.1. The summed E-state index contributed by atoms with van der Waals surface area (Å²) in [5.74, 6) is -0.0593. The third-order valence-electron chi connectivity index (χ3n) is 4.83. The minimum absolute atomic E-state index is 0.0593. The monoisotopic (exact) mass is 445 g/mol. The van der Waals surface area contributed by atoms with Crippen LogP contribution < -0.4 is 4.72 Å². The minimum Gasteiger partial charge on any atom is -0.280 e. The molecule has 0 aliphatic heterocycles. The summed E-state index contributed by atoms with van der Waals surface area (Å²) in [5, 5.41) is 7.70. The summed E-state index contributed by atoms with van der Waals surface area (Å²) in [4.78, 5) is 0.227.